The molecule has 2 aliphatic heterocycles. The largest absolute Gasteiger partial charge is 0.418 e. The Bertz CT molecular complexity index is 822. The fourth-order valence-corrected chi connectivity index (χ4v) is 5.08. The summed E-state index contributed by atoms with van der Waals surface area (Å²) in [7, 11) is -8.64. The van der Waals surface area contributed by atoms with Crippen LogP contribution in [0.25, 0.3) is 0 Å². The van der Waals surface area contributed by atoms with Crippen LogP contribution >= 0.6 is 0 Å². The minimum atomic E-state index is -4.86. The molecule has 2 fully saturated rings. The monoisotopic (exact) mass is 362 g/mol. The van der Waals surface area contributed by atoms with Crippen molar-refractivity contribution in [3.63, 3.8) is 0 Å². The SMILES string of the molecule is O=C1N2C[C@@H](CC[C@H]2S(=O)(=O)c2ccccc2)N1OS(=O)(=O)O. The number of carbonyl (C=O) groups excluding carboxylic acids is 1. The Balaban J connectivity index is 1.90. The maximum Gasteiger partial charge on any atom is 0.418 e. The molecular weight excluding hydrogens is 348 g/mol. The minimum Gasteiger partial charge on any atom is -0.303 e. The molecule has 1 N–H and O–H groups in total. The molecule has 2 saturated heterocycles. The third-order valence-corrected chi connectivity index (χ3v) is 6.36. The standard InChI is InChI=1S/C12H14N2O7S2/c15-12-13-8-9(14(12)21-23(18,19)20)6-7-11(13)22(16,17)10-4-2-1-3-5-10/h1-5,9,11H,6-8H2,(H,18,19,20)/t9-,11-/m1/s1. The molecule has 11 heteroatoms. The van der Waals surface area contributed by atoms with Gasteiger partial charge in [0.05, 0.1) is 10.9 Å². The second-order valence-corrected chi connectivity index (χ2v) is 8.42. The van der Waals surface area contributed by atoms with E-state index < -0.39 is 37.7 Å². The molecule has 2 bridgehead atoms. The highest BCUT2D eigenvalue weighted by molar-refractivity contribution is 7.92. The van der Waals surface area contributed by atoms with Crippen molar-refractivity contribution in [2.75, 3.05) is 6.54 Å². The predicted octanol–water partition coefficient (Wildman–Crippen LogP) is 0.421. The number of rotatable bonds is 4. The smallest absolute Gasteiger partial charge is 0.303 e. The molecular formula is C12H14N2O7S2. The van der Waals surface area contributed by atoms with E-state index in [0.29, 0.717) is 5.06 Å². The van der Waals surface area contributed by atoms with Gasteiger partial charge in [0.15, 0.2) is 9.84 Å². The second-order valence-electron chi connectivity index (χ2n) is 5.31. The van der Waals surface area contributed by atoms with Gasteiger partial charge >= 0.3 is 16.4 Å². The quantitative estimate of drug-likeness (QED) is 0.770. The van der Waals surface area contributed by atoms with Crippen LogP contribution in [0.3, 0.4) is 0 Å². The van der Waals surface area contributed by atoms with Gasteiger partial charge in [0.1, 0.15) is 5.37 Å². The molecule has 2 aliphatic rings. The van der Waals surface area contributed by atoms with Gasteiger partial charge in [-0.3, -0.25) is 4.55 Å². The summed E-state index contributed by atoms with van der Waals surface area (Å²) in [6.45, 7) is 0.0189. The molecule has 0 unspecified atom stereocenters. The summed E-state index contributed by atoms with van der Waals surface area (Å²) in [5.41, 5.74) is 0. The van der Waals surface area contributed by atoms with Gasteiger partial charge in [-0.1, -0.05) is 18.2 Å². The molecule has 0 radical (unpaired) electrons. The van der Waals surface area contributed by atoms with Crippen molar-refractivity contribution in [3.8, 4) is 0 Å². The summed E-state index contributed by atoms with van der Waals surface area (Å²) in [6.07, 6.45) is 0.396. The van der Waals surface area contributed by atoms with Crippen LogP contribution in [0.15, 0.2) is 35.2 Å². The summed E-state index contributed by atoms with van der Waals surface area (Å²) in [4.78, 5) is 13.4. The molecule has 1 aromatic rings. The summed E-state index contributed by atoms with van der Waals surface area (Å²) in [5.74, 6) is 0. The van der Waals surface area contributed by atoms with Gasteiger partial charge in [0.2, 0.25) is 0 Å². The Hall–Kier alpha value is -1.69. The van der Waals surface area contributed by atoms with Gasteiger partial charge < -0.3 is 4.90 Å². The summed E-state index contributed by atoms with van der Waals surface area (Å²) in [5, 5.41) is -0.570. The number of piperidine rings is 1. The molecule has 9 nitrogen and oxygen atoms in total. The van der Waals surface area contributed by atoms with E-state index in [1.165, 1.54) is 12.1 Å². The predicted molar refractivity (Wildman–Crippen MR) is 77.0 cm³/mol. The van der Waals surface area contributed by atoms with Crippen molar-refractivity contribution < 1.29 is 30.5 Å². The van der Waals surface area contributed by atoms with Crippen LogP contribution in [0, 0.1) is 0 Å². The Kier molecular flexibility index (Phi) is 3.83. The van der Waals surface area contributed by atoms with Crippen molar-refractivity contribution in [1.29, 1.82) is 0 Å². The zero-order valence-corrected chi connectivity index (χ0v) is 13.4. The van der Waals surface area contributed by atoms with Crippen molar-refractivity contribution >= 4 is 26.3 Å². The highest BCUT2D eigenvalue weighted by Crippen LogP contribution is 2.35. The lowest BCUT2D eigenvalue weighted by Gasteiger charge is -2.29. The van der Waals surface area contributed by atoms with Gasteiger partial charge in [-0.05, 0) is 25.0 Å². The van der Waals surface area contributed by atoms with Gasteiger partial charge in [0.25, 0.3) is 0 Å². The zero-order valence-electron chi connectivity index (χ0n) is 11.8. The van der Waals surface area contributed by atoms with Gasteiger partial charge in [-0.25, -0.2) is 13.2 Å². The number of fused-ring (bicyclic) bond motifs is 2. The average Bonchev–Trinajstić information content (AvgIpc) is 2.71. The van der Waals surface area contributed by atoms with Crippen LogP contribution < -0.4 is 0 Å². The molecule has 2 heterocycles. The molecule has 1 aromatic carbocycles. The maximum atomic E-state index is 12.7. The lowest BCUT2D eigenvalue weighted by Crippen LogP contribution is -2.44. The number of sulfone groups is 1. The van der Waals surface area contributed by atoms with E-state index in [4.69, 9.17) is 4.55 Å². The van der Waals surface area contributed by atoms with Gasteiger partial charge in [-0.15, -0.1) is 4.28 Å². The van der Waals surface area contributed by atoms with E-state index in [1.807, 2.05) is 0 Å². The number of benzene rings is 1. The Labute approximate surface area is 133 Å². The minimum absolute atomic E-state index is 0.0189. The molecule has 126 valence electrons. The molecule has 0 saturated carbocycles. The van der Waals surface area contributed by atoms with Gasteiger partial charge in [-0.2, -0.15) is 13.5 Å². The molecule has 2 amide bonds. The Morgan fingerprint density at radius 3 is 2.35 bits per heavy atom. The first kappa shape index (κ1) is 16.2. The Morgan fingerprint density at radius 2 is 1.74 bits per heavy atom. The summed E-state index contributed by atoms with van der Waals surface area (Å²) < 4.78 is 60.0. The van der Waals surface area contributed by atoms with E-state index in [1.54, 1.807) is 18.2 Å². The molecule has 3 rings (SSSR count). The molecule has 2 atom stereocenters. The molecule has 0 aromatic heterocycles. The number of amides is 2. The number of hydrogen-bond donors (Lipinski definition) is 1. The first-order chi connectivity index (χ1) is 10.7. The van der Waals surface area contributed by atoms with Crippen molar-refractivity contribution in [2.45, 2.75) is 29.2 Å². The Morgan fingerprint density at radius 1 is 1.09 bits per heavy atom. The highest BCUT2D eigenvalue weighted by atomic mass is 32.3. The average molecular weight is 362 g/mol. The van der Waals surface area contributed by atoms with Crippen LogP contribution in [-0.2, 0) is 24.5 Å². The van der Waals surface area contributed by atoms with Crippen LogP contribution in [0.2, 0.25) is 0 Å². The number of carbonyl (C=O) groups is 1. The summed E-state index contributed by atoms with van der Waals surface area (Å²) in [6, 6.07) is 6.21. The van der Waals surface area contributed by atoms with Crippen molar-refractivity contribution in [1.82, 2.24) is 9.96 Å². The lowest BCUT2D eigenvalue weighted by atomic mass is 10.1. The maximum absolute atomic E-state index is 12.7. The third-order valence-electron chi connectivity index (χ3n) is 3.87. The fraction of sp³-hybridized carbons (Fsp3) is 0.417. The second kappa shape index (κ2) is 5.44. The first-order valence-electron chi connectivity index (χ1n) is 6.76. The van der Waals surface area contributed by atoms with Crippen molar-refractivity contribution in [2.24, 2.45) is 0 Å². The van der Waals surface area contributed by atoms with E-state index >= 15 is 0 Å². The normalized spacial score (nSPS) is 25.0. The zero-order chi connectivity index (χ0) is 16.8. The highest BCUT2D eigenvalue weighted by Gasteiger charge is 2.51. The van der Waals surface area contributed by atoms with E-state index in [2.05, 4.69) is 4.28 Å². The van der Waals surface area contributed by atoms with Crippen LogP contribution in [0.5, 0.6) is 0 Å². The molecule has 0 spiro atoms. The topological polar surface area (TPSA) is 121 Å². The van der Waals surface area contributed by atoms with Crippen LogP contribution in [-0.4, -0.2) is 55.3 Å². The first-order valence-corrected chi connectivity index (χ1v) is 9.67. The molecule has 23 heavy (non-hydrogen) atoms. The van der Waals surface area contributed by atoms with Crippen LogP contribution in [0.4, 0.5) is 4.79 Å². The van der Waals surface area contributed by atoms with E-state index in [9.17, 15) is 21.6 Å². The van der Waals surface area contributed by atoms with E-state index in [0.717, 1.165) is 4.90 Å². The van der Waals surface area contributed by atoms with Gasteiger partial charge in [0, 0.05) is 6.54 Å². The number of hydroxylamine groups is 2. The van der Waals surface area contributed by atoms with Crippen molar-refractivity contribution in [3.05, 3.63) is 30.3 Å². The number of urea groups is 1. The van der Waals surface area contributed by atoms with E-state index in [-0.39, 0.29) is 24.3 Å². The lowest BCUT2D eigenvalue weighted by molar-refractivity contribution is -0.0316. The summed E-state index contributed by atoms with van der Waals surface area (Å²) >= 11 is 0. The number of nitrogens with zero attached hydrogens (tertiary/aromatic N) is 2. The fourth-order valence-electron chi connectivity index (χ4n) is 2.89. The number of hydrogen-bond acceptors (Lipinski definition) is 6. The van der Waals surface area contributed by atoms with Crippen LogP contribution in [0.1, 0.15) is 12.8 Å². The molecule has 0 aliphatic carbocycles. The third kappa shape index (κ3) is 2.92.